The third-order valence-corrected chi connectivity index (χ3v) is 4.83. The van der Waals surface area contributed by atoms with Gasteiger partial charge in [-0.1, -0.05) is 34.5 Å². The fraction of sp³-hybridized carbons (Fsp3) is 0.412. The monoisotopic (exact) mass is 412 g/mol. The molecule has 3 rings (SSSR count). The van der Waals surface area contributed by atoms with Crippen molar-refractivity contribution in [2.24, 2.45) is 11.7 Å². The molecule has 0 saturated heterocycles. The van der Waals surface area contributed by atoms with Crippen molar-refractivity contribution >= 4 is 40.2 Å². The minimum atomic E-state index is -0.00317. The Balaban J connectivity index is 0.00000208. The molecule has 7 heteroatoms. The quantitative estimate of drug-likeness (QED) is 0.805. The molecule has 3 N–H and O–H groups in total. The molecule has 0 bridgehead atoms. The Morgan fingerprint density at radius 1 is 1.33 bits per heavy atom. The molecule has 1 amide bonds. The minimum Gasteiger partial charge on any atom is -0.328 e. The predicted molar refractivity (Wildman–Crippen MR) is 101 cm³/mol. The lowest BCUT2D eigenvalue weighted by Gasteiger charge is -2.25. The van der Waals surface area contributed by atoms with E-state index in [1.807, 2.05) is 22.9 Å². The molecule has 1 aliphatic carbocycles. The van der Waals surface area contributed by atoms with Crippen LogP contribution in [0.2, 0.25) is 0 Å². The number of amides is 1. The molecular weight excluding hydrogens is 392 g/mol. The highest BCUT2D eigenvalue weighted by Crippen LogP contribution is 2.24. The first-order chi connectivity index (χ1) is 11.1. The van der Waals surface area contributed by atoms with Crippen LogP contribution < -0.4 is 11.1 Å². The van der Waals surface area contributed by atoms with E-state index in [0.29, 0.717) is 12.5 Å². The van der Waals surface area contributed by atoms with Crippen molar-refractivity contribution in [1.29, 1.82) is 0 Å². The number of nitrogens with two attached hydrogens (primary N) is 1. The summed E-state index contributed by atoms with van der Waals surface area (Å²) in [5.74, 6) is 0.622. The third kappa shape index (κ3) is 4.82. The molecule has 2 unspecified atom stereocenters. The number of carbonyl (C=O) groups is 1. The predicted octanol–water partition coefficient (Wildman–Crippen LogP) is 3.57. The number of carbonyl (C=O) groups excluding carboxylic acids is 1. The van der Waals surface area contributed by atoms with Gasteiger partial charge >= 0.3 is 0 Å². The zero-order valence-electron chi connectivity index (χ0n) is 13.3. The van der Waals surface area contributed by atoms with Gasteiger partial charge < -0.3 is 10.3 Å². The maximum absolute atomic E-state index is 12.4. The van der Waals surface area contributed by atoms with Crippen molar-refractivity contribution in [1.82, 2.24) is 9.55 Å². The largest absolute Gasteiger partial charge is 0.328 e. The van der Waals surface area contributed by atoms with Crippen molar-refractivity contribution in [3.63, 3.8) is 0 Å². The molecule has 0 aliphatic heterocycles. The molecule has 2 atom stereocenters. The summed E-state index contributed by atoms with van der Waals surface area (Å²) >= 11 is 3.43. The number of nitrogens with zero attached hydrogens (tertiary/aromatic N) is 2. The number of hydrogen-bond acceptors (Lipinski definition) is 3. The first-order valence-corrected chi connectivity index (χ1v) is 8.73. The van der Waals surface area contributed by atoms with Gasteiger partial charge in [-0.3, -0.25) is 10.1 Å². The number of aromatic nitrogens is 2. The number of imidazole rings is 1. The molecule has 5 nitrogen and oxygen atoms in total. The molecule has 1 aromatic carbocycles. The lowest BCUT2D eigenvalue weighted by Crippen LogP contribution is -2.34. The van der Waals surface area contributed by atoms with E-state index in [0.717, 1.165) is 35.7 Å². The third-order valence-electron chi connectivity index (χ3n) is 4.30. The second kappa shape index (κ2) is 8.65. The summed E-state index contributed by atoms with van der Waals surface area (Å²) < 4.78 is 3.00. The maximum Gasteiger partial charge on any atom is 0.229 e. The Hall–Kier alpha value is -1.37. The van der Waals surface area contributed by atoms with Crippen LogP contribution in [0.25, 0.3) is 0 Å². The topological polar surface area (TPSA) is 72.9 Å². The number of nitrogens with one attached hydrogen (secondary N) is 1. The Morgan fingerprint density at radius 2 is 2.08 bits per heavy atom. The highest BCUT2D eigenvalue weighted by molar-refractivity contribution is 9.10. The number of anilines is 1. The van der Waals surface area contributed by atoms with Crippen LogP contribution in [-0.2, 0) is 11.3 Å². The first-order valence-electron chi connectivity index (χ1n) is 7.94. The lowest BCUT2D eigenvalue weighted by molar-refractivity contribution is -0.121. The zero-order valence-corrected chi connectivity index (χ0v) is 15.7. The molecular formula is C17H22BrClN4O. The van der Waals surface area contributed by atoms with E-state index in [-0.39, 0.29) is 30.3 Å². The summed E-state index contributed by atoms with van der Waals surface area (Å²) in [6.07, 6.45) is 7.30. The smallest absolute Gasteiger partial charge is 0.229 e. The van der Waals surface area contributed by atoms with Gasteiger partial charge in [-0.05, 0) is 37.0 Å². The molecule has 0 spiro atoms. The number of halogens is 2. The van der Waals surface area contributed by atoms with Gasteiger partial charge in [0.1, 0.15) is 0 Å². The molecule has 1 aromatic heterocycles. The Morgan fingerprint density at radius 3 is 2.79 bits per heavy atom. The number of rotatable bonds is 4. The summed E-state index contributed by atoms with van der Waals surface area (Å²) in [5, 5.41) is 2.96. The van der Waals surface area contributed by atoms with Gasteiger partial charge in [0, 0.05) is 28.8 Å². The average molecular weight is 414 g/mol. The second-order valence-electron chi connectivity index (χ2n) is 6.12. The molecule has 1 saturated carbocycles. The molecule has 0 radical (unpaired) electrons. The minimum absolute atomic E-state index is 0. The van der Waals surface area contributed by atoms with Crippen LogP contribution in [0.15, 0.2) is 41.1 Å². The fourth-order valence-electron chi connectivity index (χ4n) is 3.03. The molecule has 1 heterocycles. The highest BCUT2D eigenvalue weighted by Gasteiger charge is 2.26. The van der Waals surface area contributed by atoms with E-state index < -0.39 is 0 Å². The van der Waals surface area contributed by atoms with E-state index in [1.54, 1.807) is 6.20 Å². The van der Waals surface area contributed by atoms with Crippen molar-refractivity contribution in [3.05, 3.63) is 46.7 Å². The normalized spacial score (nSPS) is 20.2. The van der Waals surface area contributed by atoms with Crippen LogP contribution in [0.4, 0.5) is 5.95 Å². The lowest BCUT2D eigenvalue weighted by atomic mass is 9.85. The van der Waals surface area contributed by atoms with E-state index in [9.17, 15) is 4.79 Å². The van der Waals surface area contributed by atoms with E-state index in [1.165, 1.54) is 0 Å². The van der Waals surface area contributed by atoms with Crippen molar-refractivity contribution in [2.75, 3.05) is 5.32 Å². The highest BCUT2D eigenvalue weighted by atomic mass is 79.9. The van der Waals surface area contributed by atoms with Crippen LogP contribution in [0, 0.1) is 5.92 Å². The average Bonchev–Trinajstić information content (AvgIpc) is 2.96. The van der Waals surface area contributed by atoms with Crippen molar-refractivity contribution in [2.45, 2.75) is 38.3 Å². The molecule has 1 aliphatic rings. The van der Waals surface area contributed by atoms with Crippen LogP contribution in [-0.4, -0.2) is 21.5 Å². The van der Waals surface area contributed by atoms with E-state index >= 15 is 0 Å². The van der Waals surface area contributed by atoms with Crippen LogP contribution in [0.3, 0.4) is 0 Å². The number of benzene rings is 1. The summed E-state index contributed by atoms with van der Waals surface area (Å²) in [7, 11) is 0. The van der Waals surface area contributed by atoms with Crippen molar-refractivity contribution in [3.8, 4) is 0 Å². The Bertz CT molecular complexity index is 673. The molecule has 2 aromatic rings. The fourth-order valence-corrected chi connectivity index (χ4v) is 3.29. The van der Waals surface area contributed by atoms with Crippen LogP contribution in [0.5, 0.6) is 0 Å². The first kappa shape index (κ1) is 19.0. The Labute approximate surface area is 156 Å². The SMILES string of the molecule is Cl.NC1CCCC(C(=O)Nc2nccn2Cc2ccc(Br)cc2)C1. The van der Waals surface area contributed by atoms with Gasteiger partial charge in [0.2, 0.25) is 11.9 Å². The van der Waals surface area contributed by atoms with Gasteiger partial charge in [0.05, 0.1) is 6.54 Å². The van der Waals surface area contributed by atoms with Gasteiger partial charge in [-0.2, -0.15) is 0 Å². The van der Waals surface area contributed by atoms with Crippen molar-refractivity contribution < 1.29 is 4.79 Å². The van der Waals surface area contributed by atoms with Crippen LogP contribution >= 0.6 is 28.3 Å². The van der Waals surface area contributed by atoms with Crippen LogP contribution in [0.1, 0.15) is 31.2 Å². The van der Waals surface area contributed by atoms with Gasteiger partial charge in [-0.15, -0.1) is 12.4 Å². The summed E-state index contributed by atoms with van der Waals surface area (Å²) in [5.41, 5.74) is 7.13. The number of hydrogen-bond donors (Lipinski definition) is 2. The summed E-state index contributed by atoms with van der Waals surface area (Å²) in [6.45, 7) is 0.674. The Kier molecular flexibility index (Phi) is 6.83. The molecule has 130 valence electrons. The summed E-state index contributed by atoms with van der Waals surface area (Å²) in [4.78, 5) is 16.7. The van der Waals surface area contributed by atoms with E-state index in [2.05, 4.69) is 38.4 Å². The van der Waals surface area contributed by atoms with Gasteiger partial charge in [0.15, 0.2) is 0 Å². The maximum atomic E-state index is 12.4. The standard InChI is InChI=1S/C17H21BrN4O.ClH/c18-14-6-4-12(5-7-14)11-22-9-8-20-17(22)21-16(23)13-2-1-3-15(19)10-13;/h4-9,13,15H,1-3,10-11,19H2,(H,20,21,23);1H. The van der Waals surface area contributed by atoms with Gasteiger partial charge in [-0.25, -0.2) is 4.98 Å². The summed E-state index contributed by atoms with van der Waals surface area (Å²) in [6, 6.07) is 8.26. The zero-order chi connectivity index (χ0) is 16.2. The molecule has 1 fully saturated rings. The molecule has 24 heavy (non-hydrogen) atoms. The second-order valence-corrected chi connectivity index (χ2v) is 7.03. The van der Waals surface area contributed by atoms with E-state index in [4.69, 9.17) is 5.73 Å². The van der Waals surface area contributed by atoms with Gasteiger partial charge in [0.25, 0.3) is 0 Å².